The Balaban J connectivity index is 1.65. The quantitative estimate of drug-likeness (QED) is 0.602. The van der Waals surface area contributed by atoms with E-state index in [0.717, 1.165) is 4.90 Å². The van der Waals surface area contributed by atoms with Gasteiger partial charge in [0.1, 0.15) is 11.7 Å². The summed E-state index contributed by atoms with van der Waals surface area (Å²) in [6.45, 7) is 0. The number of hydrogen-bond acceptors (Lipinski definition) is 6. The molecule has 5 rings (SSSR count). The maximum absolute atomic E-state index is 13.7. The fraction of sp³-hybridized carbons (Fsp3) is 0.160. The Kier molecular flexibility index (Phi) is 5.07. The molecule has 0 bridgehead atoms. The first-order chi connectivity index (χ1) is 16.0. The number of fused-ring (bicyclic) bond motifs is 1. The number of anilines is 2. The van der Waals surface area contributed by atoms with Gasteiger partial charge in [0.05, 0.1) is 30.1 Å². The number of hydrogen-bond donors (Lipinski definition) is 1. The lowest BCUT2D eigenvalue weighted by molar-refractivity contribution is -0.126. The highest BCUT2D eigenvalue weighted by atomic mass is 16.7. The molecule has 2 aliphatic rings. The number of ether oxygens (including phenoxy) is 1. The van der Waals surface area contributed by atoms with Crippen molar-refractivity contribution in [2.45, 2.75) is 12.1 Å². The van der Waals surface area contributed by atoms with Crippen LogP contribution in [0.2, 0.25) is 0 Å². The van der Waals surface area contributed by atoms with E-state index in [-0.39, 0.29) is 5.56 Å². The smallest absolute Gasteiger partial charge is 0.336 e. The van der Waals surface area contributed by atoms with E-state index < -0.39 is 35.8 Å². The average molecular weight is 444 g/mol. The summed E-state index contributed by atoms with van der Waals surface area (Å²) in [5.41, 5.74) is 1.37. The monoisotopic (exact) mass is 444 g/mol. The summed E-state index contributed by atoms with van der Waals surface area (Å²) >= 11 is 0. The standard InChI is InChI=1S/C25H20N2O6/c1-32-19-14-8-7-13-18(19)26-23(28)20-21(16-11-5-6-12-17(16)25(30)31)27(33-22(20)24(26)29)15-9-3-2-4-10-15/h2-14,20-22H,1H3,(H,30,31)/t20-,21-,22+/m0/s1. The summed E-state index contributed by atoms with van der Waals surface area (Å²) in [5.74, 6) is -2.69. The van der Waals surface area contributed by atoms with Crippen LogP contribution < -0.4 is 14.7 Å². The minimum Gasteiger partial charge on any atom is -0.495 e. The van der Waals surface area contributed by atoms with Gasteiger partial charge in [-0.25, -0.2) is 14.8 Å². The van der Waals surface area contributed by atoms with Crippen molar-refractivity contribution in [1.82, 2.24) is 0 Å². The molecule has 166 valence electrons. The molecule has 0 aliphatic carbocycles. The van der Waals surface area contributed by atoms with Crippen molar-refractivity contribution >= 4 is 29.2 Å². The summed E-state index contributed by atoms with van der Waals surface area (Å²) in [5, 5.41) is 11.3. The number of hydroxylamine groups is 1. The second-order valence-corrected chi connectivity index (χ2v) is 7.73. The van der Waals surface area contributed by atoms with Gasteiger partial charge in [-0.05, 0) is 35.9 Å². The van der Waals surface area contributed by atoms with E-state index in [1.165, 1.54) is 18.2 Å². The van der Waals surface area contributed by atoms with Crippen LogP contribution in [0, 0.1) is 5.92 Å². The van der Waals surface area contributed by atoms with Gasteiger partial charge in [0.2, 0.25) is 5.91 Å². The summed E-state index contributed by atoms with van der Waals surface area (Å²) in [4.78, 5) is 46.3. The van der Waals surface area contributed by atoms with E-state index in [0.29, 0.717) is 22.7 Å². The topological polar surface area (TPSA) is 96.4 Å². The second kappa shape index (κ2) is 8.07. The zero-order chi connectivity index (χ0) is 23.1. The zero-order valence-electron chi connectivity index (χ0n) is 17.6. The largest absolute Gasteiger partial charge is 0.495 e. The van der Waals surface area contributed by atoms with Crippen LogP contribution in [-0.2, 0) is 14.4 Å². The van der Waals surface area contributed by atoms with E-state index in [1.54, 1.807) is 66.7 Å². The fourth-order valence-electron chi connectivity index (χ4n) is 4.53. The number of carbonyl (C=O) groups excluding carboxylic acids is 2. The molecule has 3 atom stereocenters. The lowest BCUT2D eigenvalue weighted by Gasteiger charge is -2.29. The Morgan fingerprint density at radius 2 is 1.58 bits per heavy atom. The number of amides is 2. The Hall–Kier alpha value is -4.17. The second-order valence-electron chi connectivity index (χ2n) is 7.73. The van der Waals surface area contributed by atoms with E-state index in [2.05, 4.69) is 0 Å². The lowest BCUT2D eigenvalue weighted by Crippen LogP contribution is -2.37. The van der Waals surface area contributed by atoms with Gasteiger partial charge < -0.3 is 9.84 Å². The van der Waals surface area contributed by atoms with Crippen molar-refractivity contribution < 1.29 is 29.1 Å². The Morgan fingerprint density at radius 1 is 0.909 bits per heavy atom. The summed E-state index contributed by atoms with van der Waals surface area (Å²) in [6.07, 6.45) is -1.10. The number of carboxylic acid groups (broad SMARTS) is 1. The molecular formula is C25H20N2O6. The van der Waals surface area contributed by atoms with E-state index in [9.17, 15) is 19.5 Å². The fourth-order valence-corrected chi connectivity index (χ4v) is 4.53. The Bertz CT molecular complexity index is 1240. The highest BCUT2D eigenvalue weighted by molar-refractivity contribution is 6.24. The molecule has 2 saturated heterocycles. The molecule has 2 aliphatic heterocycles. The minimum atomic E-state index is -1.12. The maximum Gasteiger partial charge on any atom is 0.336 e. The van der Waals surface area contributed by atoms with Crippen LogP contribution in [0.5, 0.6) is 5.75 Å². The third-order valence-corrected chi connectivity index (χ3v) is 5.96. The molecule has 3 aromatic carbocycles. The van der Waals surface area contributed by atoms with Crippen LogP contribution in [0.4, 0.5) is 11.4 Å². The highest BCUT2D eigenvalue weighted by Gasteiger charge is 2.61. The first-order valence-electron chi connectivity index (χ1n) is 10.4. The van der Waals surface area contributed by atoms with Gasteiger partial charge in [0.15, 0.2) is 6.10 Å². The highest BCUT2D eigenvalue weighted by Crippen LogP contribution is 2.49. The van der Waals surface area contributed by atoms with Crippen LogP contribution in [0.15, 0.2) is 78.9 Å². The number of imide groups is 1. The molecule has 2 fully saturated rings. The molecule has 0 aromatic heterocycles. The van der Waals surface area contributed by atoms with Crippen LogP contribution in [0.1, 0.15) is 22.0 Å². The molecule has 8 heteroatoms. The normalized spacial score (nSPS) is 21.9. The predicted molar refractivity (Wildman–Crippen MR) is 119 cm³/mol. The van der Waals surface area contributed by atoms with Crippen molar-refractivity contribution in [2.75, 3.05) is 17.1 Å². The van der Waals surface area contributed by atoms with Crippen LogP contribution in [0.25, 0.3) is 0 Å². The number of carbonyl (C=O) groups is 3. The molecule has 2 amide bonds. The number of nitrogens with zero attached hydrogens (tertiary/aromatic N) is 2. The van der Waals surface area contributed by atoms with Crippen molar-refractivity contribution in [3.05, 3.63) is 90.0 Å². The van der Waals surface area contributed by atoms with Crippen LogP contribution in [-0.4, -0.2) is 36.1 Å². The molecule has 0 radical (unpaired) electrons. The van der Waals surface area contributed by atoms with Gasteiger partial charge in [-0.2, -0.15) is 0 Å². The molecule has 8 nitrogen and oxygen atoms in total. The third-order valence-electron chi connectivity index (χ3n) is 5.96. The van der Waals surface area contributed by atoms with Gasteiger partial charge in [-0.3, -0.25) is 14.4 Å². The molecule has 0 saturated carbocycles. The lowest BCUT2D eigenvalue weighted by atomic mass is 9.88. The zero-order valence-corrected chi connectivity index (χ0v) is 17.6. The molecule has 0 unspecified atom stereocenters. The van der Waals surface area contributed by atoms with Gasteiger partial charge in [0.25, 0.3) is 5.91 Å². The number of aromatic carboxylic acids is 1. The molecule has 33 heavy (non-hydrogen) atoms. The minimum absolute atomic E-state index is 0.0451. The number of carboxylic acids is 1. The average Bonchev–Trinajstić information content (AvgIpc) is 3.35. The van der Waals surface area contributed by atoms with Crippen molar-refractivity contribution in [3.63, 3.8) is 0 Å². The Labute approximate surface area is 189 Å². The van der Waals surface area contributed by atoms with Gasteiger partial charge in [0, 0.05) is 0 Å². The first kappa shape index (κ1) is 20.7. The van der Waals surface area contributed by atoms with E-state index >= 15 is 0 Å². The van der Waals surface area contributed by atoms with Crippen LogP contribution >= 0.6 is 0 Å². The summed E-state index contributed by atoms with van der Waals surface area (Å²) in [7, 11) is 1.46. The number of para-hydroxylation sites is 3. The third kappa shape index (κ3) is 3.23. The van der Waals surface area contributed by atoms with E-state index in [1.807, 2.05) is 6.07 Å². The molecular weight excluding hydrogens is 424 g/mol. The number of benzene rings is 3. The summed E-state index contributed by atoms with van der Waals surface area (Å²) in [6, 6.07) is 21.4. The van der Waals surface area contributed by atoms with Crippen molar-refractivity contribution in [2.24, 2.45) is 5.92 Å². The Morgan fingerprint density at radius 3 is 2.30 bits per heavy atom. The first-order valence-corrected chi connectivity index (χ1v) is 10.4. The van der Waals surface area contributed by atoms with Gasteiger partial charge in [-0.1, -0.05) is 48.5 Å². The number of methoxy groups -OCH3 is 1. The molecule has 3 aromatic rings. The van der Waals surface area contributed by atoms with Crippen LogP contribution in [0.3, 0.4) is 0 Å². The maximum atomic E-state index is 13.7. The van der Waals surface area contributed by atoms with Gasteiger partial charge >= 0.3 is 5.97 Å². The molecule has 0 spiro atoms. The van der Waals surface area contributed by atoms with E-state index in [4.69, 9.17) is 9.57 Å². The predicted octanol–water partition coefficient (Wildman–Crippen LogP) is 3.44. The number of rotatable bonds is 5. The molecule has 2 heterocycles. The molecule has 1 N–H and O–H groups in total. The van der Waals surface area contributed by atoms with Crippen molar-refractivity contribution in [3.8, 4) is 5.75 Å². The summed E-state index contributed by atoms with van der Waals surface area (Å²) < 4.78 is 5.35. The SMILES string of the molecule is COc1ccccc1N1C(=O)[C@@H]2[C@@H](ON(c3ccccc3)[C@H]2c2ccccc2C(=O)O)C1=O. The van der Waals surface area contributed by atoms with Gasteiger partial charge in [-0.15, -0.1) is 0 Å². The van der Waals surface area contributed by atoms with Crippen molar-refractivity contribution in [1.29, 1.82) is 0 Å².